The van der Waals surface area contributed by atoms with Gasteiger partial charge in [0, 0.05) is 11.1 Å². The van der Waals surface area contributed by atoms with Gasteiger partial charge in [-0.1, -0.05) is 48.9 Å². The minimum atomic E-state index is -1.53. The summed E-state index contributed by atoms with van der Waals surface area (Å²) in [5.74, 6) is -0.816. The van der Waals surface area contributed by atoms with Crippen molar-refractivity contribution < 1.29 is 18.7 Å². The van der Waals surface area contributed by atoms with Crippen molar-refractivity contribution in [1.82, 2.24) is 0 Å². The van der Waals surface area contributed by atoms with Crippen LogP contribution in [0.5, 0.6) is 5.75 Å². The van der Waals surface area contributed by atoms with Crippen molar-refractivity contribution in [2.24, 2.45) is 0 Å². The Morgan fingerprint density at radius 3 is 2.59 bits per heavy atom. The standard InChI is InChI=1S/C22H17ClFNO3S/c1-3-22(12-7-6-8-13(24)11-12)18(26)17-16(14-9-4-5-10-15(14)28-2)19(23)29-20(17)25-21(22)27/h4-11H,3H2,1-2H3,(H,25,27). The van der Waals surface area contributed by atoms with E-state index in [1.165, 1.54) is 25.3 Å². The van der Waals surface area contributed by atoms with Crippen LogP contribution in [0.4, 0.5) is 9.39 Å². The van der Waals surface area contributed by atoms with Crippen molar-refractivity contribution in [3.05, 3.63) is 69.8 Å². The summed E-state index contributed by atoms with van der Waals surface area (Å²) in [4.78, 5) is 26.9. The predicted octanol–water partition coefficient (Wildman–Crippen LogP) is 5.70. The number of ketones is 1. The average Bonchev–Trinajstić information content (AvgIpc) is 3.04. The number of methoxy groups -OCH3 is 1. The Balaban J connectivity index is 1.98. The van der Waals surface area contributed by atoms with E-state index in [4.69, 9.17) is 16.3 Å². The van der Waals surface area contributed by atoms with Crippen molar-refractivity contribution >= 4 is 39.6 Å². The van der Waals surface area contributed by atoms with Gasteiger partial charge in [0.2, 0.25) is 5.91 Å². The number of benzene rings is 2. The van der Waals surface area contributed by atoms with Crippen molar-refractivity contribution in [3.63, 3.8) is 0 Å². The zero-order valence-corrected chi connectivity index (χ0v) is 17.3. The number of para-hydroxylation sites is 1. The molecule has 148 valence electrons. The van der Waals surface area contributed by atoms with Crippen molar-refractivity contribution in [2.45, 2.75) is 18.8 Å². The van der Waals surface area contributed by atoms with Gasteiger partial charge in [0.05, 0.1) is 12.7 Å². The molecule has 0 bridgehead atoms. The maximum absolute atomic E-state index is 13.9. The number of anilines is 1. The van der Waals surface area contributed by atoms with Crippen molar-refractivity contribution in [3.8, 4) is 16.9 Å². The summed E-state index contributed by atoms with van der Waals surface area (Å²) < 4.78 is 19.8. The normalized spacial score (nSPS) is 18.3. The zero-order chi connectivity index (χ0) is 20.8. The molecular formula is C22H17ClFNO3S. The van der Waals surface area contributed by atoms with Crippen molar-refractivity contribution in [1.29, 1.82) is 0 Å². The third-order valence-corrected chi connectivity index (χ3v) is 6.63. The molecule has 1 atom stereocenters. The number of nitrogens with one attached hydrogen (secondary N) is 1. The first kappa shape index (κ1) is 19.6. The monoisotopic (exact) mass is 429 g/mol. The number of rotatable bonds is 4. The lowest BCUT2D eigenvalue weighted by Gasteiger charge is -2.34. The first-order valence-electron chi connectivity index (χ1n) is 9.02. The second kappa shape index (κ2) is 7.28. The SMILES string of the molecule is CCC1(c2cccc(F)c2)C(=O)Nc2sc(Cl)c(-c3ccccc3OC)c2C1=O. The molecule has 1 N–H and O–H groups in total. The molecule has 2 heterocycles. The van der Waals surface area contributed by atoms with E-state index in [1.54, 1.807) is 19.1 Å². The molecule has 1 aromatic heterocycles. The molecule has 29 heavy (non-hydrogen) atoms. The van der Waals surface area contributed by atoms with E-state index >= 15 is 0 Å². The van der Waals surface area contributed by atoms with Crippen LogP contribution in [0.15, 0.2) is 48.5 Å². The number of Topliss-reactive ketones (excluding diaryl/α,β-unsaturated/α-hetero) is 1. The van der Waals surface area contributed by atoms with Gasteiger partial charge in [-0.15, -0.1) is 11.3 Å². The summed E-state index contributed by atoms with van der Waals surface area (Å²) in [6.45, 7) is 1.74. The Morgan fingerprint density at radius 1 is 1.14 bits per heavy atom. The number of ether oxygens (including phenoxy) is 1. The molecule has 4 rings (SSSR count). The van der Waals surface area contributed by atoms with E-state index in [0.29, 0.717) is 37.3 Å². The quantitative estimate of drug-likeness (QED) is 0.541. The average molecular weight is 430 g/mol. The maximum atomic E-state index is 13.9. The third kappa shape index (κ3) is 2.86. The van der Waals surface area contributed by atoms with Crippen LogP contribution in [-0.2, 0) is 10.2 Å². The zero-order valence-electron chi connectivity index (χ0n) is 15.7. The molecule has 0 saturated carbocycles. The number of carbonyl (C=O) groups excluding carboxylic acids is 2. The highest BCUT2D eigenvalue weighted by molar-refractivity contribution is 7.21. The van der Waals surface area contributed by atoms with Crippen LogP contribution >= 0.6 is 22.9 Å². The second-order valence-electron chi connectivity index (χ2n) is 6.71. The van der Waals surface area contributed by atoms with Gasteiger partial charge < -0.3 is 10.1 Å². The van der Waals surface area contributed by atoms with Crippen LogP contribution in [0.25, 0.3) is 11.1 Å². The topological polar surface area (TPSA) is 55.4 Å². The van der Waals surface area contributed by atoms with Gasteiger partial charge in [-0.25, -0.2) is 4.39 Å². The molecule has 1 unspecified atom stereocenters. The molecule has 2 aromatic carbocycles. The molecule has 0 saturated heterocycles. The molecule has 3 aromatic rings. The number of fused-ring (bicyclic) bond motifs is 1. The van der Waals surface area contributed by atoms with Crippen LogP contribution < -0.4 is 10.1 Å². The lowest BCUT2D eigenvalue weighted by Crippen LogP contribution is -2.50. The van der Waals surface area contributed by atoms with E-state index in [1.807, 2.05) is 18.2 Å². The fourth-order valence-electron chi connectivity index (χ4n) is 3.87. The molecule has 4 nitrogen and oxygen atoms in total. The summed E-state index contributed by atoms with van der Waals surface area (Å²) in [7, 11) is 1.54. The van der Waals surface area contributed by atoms with Gasteiger partial charge >= 0.3 is 0 Å². The van der Waals surface area contributed by atoms with Gasteiger partial charge in [-0.05, 0) is 30.2 Å². The molecule has 0 radical (unpaired) electrons. The number of amides is 1. The summed E-state index contributed by atoms with van der Waals surface area (Å²) in [5.41, 5.74) is 0.294. The van der Waals surface area contributed by atoms with E-state index in [0.717, 1.165) is 11.3 Å². The molecule has 0 spiro atoms. The van der Waals surface area contributed by atoms with Crippen molar-refractivity contribution in [2.75, 3.05) is 12.4 Å². The number of carbonyl (C=O) groups is 2. The number of hydrogen-bond donors (Lipinski definition) is 1. The Hall–Kier alpha value is -2.70. The summed E-state index contributed by atoms with van der Waals surface area (Å²) in [6.07, 6.45) is 0.180. The Bertz CT molecular complexity index is 1140. The highest BCUT2D eigenvalue weighted by atomic mass is 35.5. The summed E-state index contributed by atoms with van der Waals surface area (Å²) in [6, 6.07) is 12.9. The fourth-order valence-corrected chi connectivity index (χ4v) is 5.23. The van der Waals surface area contributed by atoms with Crippen LogP contribution in [0.1, 0.15) is 29.3 Å². The first-order chi connectivity index (χ1) is 13.9. The lowest BCUT2D eigenvalue weighted by atomic mass is 9.69. The van der Waals surface area contributed by atoms with E-state index in [9.17, 15) is 14.0 Å². The smallest absolute Gasteiger partial charge is 0.243 e. The molecule has 7 heteroatoms. The molecule has 0 fully saturated rings. The number of hydrogen-bond acceptors (Lipinski definition) is 4. The first-order valence-corrected chi connectivity index (χ1v) is 10.2. The van der Waals surface area contributed by atoms with Crippen LogP contribution in [0, 0.1) is 5.82 Å². The summed E-state index contributed by atoms with van der Waals surface area (Å²) in [5, 5.41) is 3.22. The molecule has 1 aliphatic heterocycles. The Kier molecular flexibility index (Phi) is 4.92. The fraction of sp³-hybridized carbons (Fsp3) is 0.182. The molecule has 1 aliphatic rings. The molecule has 0 aliphatic carbocycles. The van der Waals surface area contributed by atoms with Gasteiger partial charge in [0.1, 0.15) is 26.3 Å². The number of thiophene rings is 1. The molecular weight excluding hydrogens is 413 g/mol. The van der Waals surface area contributed by atoms with Gasteiger partial charge in [-0.3, -0.25) is 9.59 Å². The van der Waals surface area contributed by atoms with E-state index in [2.05, 4.69) is 5.32 Å². The van der Waals surface area contributed by atoms with Gasteiger partial charge in [-0.2, -0.15) is 0 Å². The second-order valence-corrected chi connectivity index (χ2v) is 8.33. The largest absolute Gasteiger partial charge is 0.496 e. The minimum Gasteiger partial charge on any atom is -0.496 e. The lowest BCUT2D eigenvalue weighted by molar-refractivity contribution is -0.120. The van der Waals surface area contributed by atoms with Crippen LogP contribution in [0.3, 0.4) is 0 Å². The third-order valence-electron chi connectivity index (χ3n) is 5.32. The minimum absolute atomic E-state index is 0.180. The summed E-state index contributed by atoms with van der Waals surface area (Å²) >= 11 is 7.65. The Morgan fingerprint density at radius 2 is 1.90 bits per heavy atom. The molecule has 1 amide bonds. The Labute approximate surface area is 176 Å². The predicted molar refractivity (Wildman–Crippen MR) is 113 cm³/mol. The van der Waals surface area contributed by atoms with Gasteiger partial charge in [0.15, 0.2) is 5.78 Å². The van der Waals surface area contributed by atoms with E-state index in [-0.39, 0.29) is 6.42 Å². The van der Waals surface area contributed by atoms with Gasteiger partial charge in [0.25, 0.3) is 0 Å². The highest BCUT2D eigenvalue weighted by Gasteiger charge is 2.52. The number of halogens is 2. The maximum Gasteiger partial charge on any atom is 0.243 e. The van der Waals surface area contributed by atoms with Crippen LogP contribution in [0.2, 0.25) is 4.34 Å². The highest BCUT2D eigenvalue weighted by Crippen LogP contribution is 2.51. The van der Waals surface area contributed by atoms with Crippen LogP contribution in [-0.4, -0.2) is 18.8 Å². The van der Waals surface area contributed by atoms with E-state index < -0.39 is 22.9 Å².